The predicted octanol–water partition coefficient (Wildman–Crippen LogP) is 10.00. The number of alkyl halides is 8. The van der Waals surface area contributed by atoms with E-state index in [1.165, 1.54) is 0 Å². The summed E-state index contributed by atoms with van der Waals surface area (Å²) in [6, 6.07) is 0. The second-order valence-electron chi connectivity index (χ2n) is 5.74. The summed E-state index contributed by atoms with van der Waals surface area (Å²) < 4.78 is 0.177. The summed E-state index contributed by atoms with van der Waals surface area (Å²) in [5.74, 6) is 0. The van der Waals surface area contributed by atoms with E-state index in [0.29, 0.717) is 51.4 Å². The van der Waals surface area contributed by atoms with Crippen molar-refractivity contribution in [3.63, 3.8) is 0 Å². The van der Waals surface area contributed by atoms with Crippen LogP contribution in [0.4, 0.5) is 0 Å². The molecule has 0 N–H and O–H groups in total. The largest absolute Gasteiger partial charge is 0.108 e. The van der Waals surface area contributed by atoms with Crippen LogP contribution >= 0.6 is 116 Å². The Morgan fingerprint density at radius 1 is 0.560 bits per heavy atom. The Morgan fingerprint density at radius 2 is 0.880 bits per heavy atom. The molecule has 150 valence electrons. The maximum atomic E-state index is 6.22. The highest BCUT2D eigenvalue weighted by atomic mass is 35.5. The van der Waals surface area contributed by atoms with Gasteiger partial charge in [0.1, 0.15) is 23.8 Å². The SMILES string of the molecule is ClC(Cl)=C(CCC(Cl)Cl)C(CCC(Cl)Cl)(CCC(Cl)Cl)CCC(Cl)Cl. The first kappa shape index (κ1) is 27.6. The average molecular weight is 555 g/mol. The molecule has 0 spiro atoms. The molecule has 0 aromatic carbocycles. The Bertz CT molecular complexity index is 356. The first-order valence-electron chi connectivity index (χ1n) is 7.67. The van der Waals surface area contributed by atoms with Crippen molar-refractivity contribution in [1.82, 2.24) is 0 Å². The average Bonchev–Trinajstić information content (AvgIpc) is 2.47. The molecule has 0 fully saturated rings. The fourth-order valence-electron chi connectivity index (χ4n) is 2.80. The monoisotopic (exact) mass is 550 g/mol. The van der Waals surface area contributed by atoms with Gasteiger partial charge in [-0.2, -0.15) is 0 Å². The number of allylic oxidation sites excluding steroid dienone is 1. The molecule has 0 rings (SSSR count). The van der Waals surface area contributed by atoms with E-state index in [1.807, 2.05) is 0 Å². The van der Waals surface area contributed by atoms with Gasteiger partial charge in [0.2, 0.25) is 0 Å². The van der Waals surface area contributed by atoms with Crippen molar-refractivity contribution in [2.75, 3.05) is 0 Å². The van der Waals surface area contributed by atoms with Gasteiger partial charge in [0, 0.05) is 0 Å². The standard InChI is InChI=1S/C15H20Cl10/c16-10(17)2-1-9(14(24)25)15(6-3-11(18)19,7-4-12(20)21)8-5-13(22)23/h10-13H,1-8H2. The molecule has 0 nitrogen and oxygen atoms in total. The van der Waals surface area contributed by atoms with Gasteiger partial charge in [-0.05, 0) is 62.4 Å². The number of hydrogen-bond acceptors (Lipinski definition) is 0. The summed E-state index contributed by atoms with van der Waals surface area (Å²) in [7, 11) is 0. The van der Waals surface area contributed by atoms with Crippen LogP contribution in [0.15, 0.2) is 10.1 Å². The fraction of sp³-hybridized carbons (Fsp3) is 0.867. The normalized spacial score (nSPS) is 12.7. The molecule has 0 atom stereocenters. The third kappa shape index (κ3) is 12.7. The summed E-state index contributed by atoms with van der Waals surface area (Å²) in [4.78, 5) is -2.09. The van der Waals surface area contributed by atoms with Crippen molar-refractivity contribution in [1.29, 1.82) is 0 Å². The Kier molecular flexibility index (Phi) is 16.1. The van der Waals surface area contributed by atoms with E-state index in [4.69, 9.17) is 116 Å². The topological polar surface area (TPSA) is 0 Å². The van der Waals surface area contributed by atoms with Crippen molar-refractivity contribution in [2.24, 2.45) is 5.41 Å². The summed E-state index contributed by atoms with van der Waals surface area (Å²) in [6.45, 7) is 0. The van der Waals surface area contributed by atoms with E-state index in [9.17, 15) is 0 Å². The van der Waals surface area contributed by atoms with Gasteiger partial charge in [-0.25, -0.2) is 0 Å². The van der Waals surface area contributed by atoms with Gasteiger partial charge >= 0.3 is 0 Å². The second kappa shape index (κ2) is 14.6. The van der Waals surface area contributed by atoms with Gasteiger partial charge in [0.15, 0.2) is 0 Å². The lowest BCUT2D eigenvalue weighted by atomic mass is 9.69. The predicted molar refractivity (Wildman–Crippen MR) is 120 cm³/mol. The molecule has 0 amide bonds. The van der Waals surface area contributed by atoms with E-state index in [0.717, 1.165) is 5.57 Å². The molecular weight excluding hydrogens is 535 g/mol. The molecule has 0 aliphatic carbocycles. The minimum Gasteiger partial charge on any atom is -0.105 e. The Balaban J connectivity index is 5.72. The van der Waals surface area contributed by atoms with Crippen LogP contribution in [0, 0.1) is 5.41 Å². The second-order valence-corrected chi connectivity index (χ2v) is 11.8. The van der Waals surface area contributed by atoms with E-state index in [-0.39, 0.29) is 4.49 Å². The number of hydrogen-bond donors (Lipinski definition) is 0. The minimum absolute atomic E-state index is 0.177. The minimum atomic E-state index is -0.531. The van der Waals surface area contributed by atoms with E-state index in [2.05, 4.69) is 0 Å². The summed E-state index contributed by atoms with van der Waals surface area (Å²) in [6.07, 6.45) is 4.58. The summed E-state index contributed by atoms with van der Waals surface area (Å²) in [5, 5.41) is 0. The van der Waals surface area contributed by atoms with Crippen LogP contribution in [0.5, 0.6) is 0 Å². The van der Waals surface area contributed by atoms with E-state index in [1.54, 1.807) is 0 Å². The van der Waals surface area contributed by atoms with Crippen LogP contribution in [-0.2, 0) is 0 Å². The maximum Gasteiger partial charge on any atom is 0.108 e. The Labute approximate surface area is 200 Å². The van der Waals surface area contributed by atoms with Crippen molar-refractivity contribution in [3.8, 4) is 0 Å². The maximum absolute atomic E-state index is 6.22. The van der Waals surface area contributed by atoms with Gasteiger partial charge in [-0.1, -0.05) is 23.2 Å². The molecule has 10 heteroatoms. The highest BCUT2D eigenvalue weighted by Crippen LogP contribution is 2.49. The van der Waals surface area contributed by atoms with Crippen LogP contribution in [0.3, 0.4) is 0 Å². The van der Waals surface area contributed by atoms with Crippen LogP contribution in [0.2, 0.25) is 0 Å². The number of rotatable bonds is 13. The lowest BCUT2D eigenvalue weighted by Gasteiger charge is -2.38. The molecule has 0 heterocycles. The van der Waals surface area contributed by atoms with Gasteiger partial charge in [0.25, 0.3) is 0 Å². The summed E-state index contributed by atoms with van der Waals surface area (Å²) >= 11 is 60.0. The van der Waals surface area contributed by atoms with Crippen LogP contribution < -0.4 is 0 Å². The molecular formula is C15H20Cl10. The molecule has 0 unspecified atom stereocenters. The zero-order valence-corrected chi connectivity index (χ0v) is 20.8. The van der Waals surface area contributed by atoms with Gasteiger partial charge < -0.3 is 0 Å². The van der Waals surface area contributed by atoms with Gasteiger partial charge in [-0.3, -0.25) is 0 Å². The van der Waals surface area contributed by atoms with Gasteiger partial charge in [0.05, 0.1) is 0 Å². The molecule has 0 radical (unpaired) electrons. The van der Waals surface area contributed by atoms with E-state index < -0.39 is 24.8 Å². The molecule has 0 bridgehead atoms. The van der Waals surface area contributed by atoms with Crippen LogP contribution in [-0.4, -0.2) is 19.3 Å². The van der Waals surface area contributed by atoms with Gasteiger partial charge in [-0.15, -0.1) is 92.8 Å². The lowest BCUT2D eigenvalue weighted by molar-refractivity contribution is 0.255. The first-order chi connectivity index (χ1) is 11.5. The fourth-order valence-corrected chi connectivity index (χ4v) is 4.26. The zero-order chi connectivity index (χ0) is 19.6. The third-order valence-corrected chi connectivity index (χ3v) is 6.21. The van der Waals surface area contributed by atoms with Crippen molar-refractivity contribution < 1.29 is 0 Å². The molecule has 0 aliphatic heterocycles. The summed E-state index contributed by atoms with van der Waals surface area (Å²) in [5.41, 5.74) is 0.396. The van der Waals surface area contributed by atoms with E-state index >= 15 is 0 Å². The molecule has 0 aliphatic rings. The molecule has 25 heavy (non-hydrogen) atoms. The zero-order valence-electron chi connectivity index (χ0n) is 13.2. The third-order valence-electron chi connectivity index (χ3n) is 4.00. The molecule has 0 saturated heterocycles. The van der Waals surface area contributed by atoms with Crippen LogP contribution in [0.25, 0.3) is 0 Å². The highest BCUT2D eigenvalue weighted by Gasteiger charge is 2.36. The smallest absolute Gasteiger partial charge is 0.105 e. The van der Waals surface area contributed by atoms with Crippen molar-refractivity contribution >= 4 is 116 Å². The Morgan fingerprint density at radius 3 is 1.12 bits per heavy atom. The molecule has 0 aromatic heterocycles. The highest BCUT2D eigenvalue weighted by molar-refractivity contribution is 6.56. The molecule has 0 aromatic rings. The lowest BCUT2D eigenvalue weighted by Crippen LogP contribution is -2.27. The van der Waals surface area contributed by atoms with Crippen molar-refractivity contribution in [2.45, 2.75) is 70.7 Å². The Hall–Kier alpha value is 2.64. The first-order valence-corrected chi connectivity index (χ1v) is 11.9. The molecule has 0 saturated carbocycles. The number of halogens is 10. The van der Waals surface area contributed by atoms with Crippen LogP contribution in [0.1, 0.15) is 51.4 Å². The quantitative estimate of drug-likeness (QED) is 0.199. The van der Waals surface area contributed by atoms with Crippen molar-refractivity contribution in [3.05, 3.63) is 10.1 Å².